The van der Waals surface area contributed by atoms with E-state index in [-0.39, 0.29) is 5.82 Å². The molecule has 0 radical (unpaired) electrons. The van der Waals surface area contributed by atoms with E-state index in [1.54, 1.807) is 0 Å². The van der Waals surface area contributed by atoms with Crippen molar-refractivity contribution in [2.24, 2.45) is 0 Å². The molecule has 1 N–H and O–H groups in total. The van der Waals surface area contributed by atoms with Crippen LogP contribution < -0.4 is 4.98 Å². The van der Waals surface area contributed by atoms with Crippen LogP contribution in [-0.4, -0.2) is 4.98 Å². The normalized spacial score (nSPS) is 11.6. The summed E-state index contributed by atoms with van der Waals surface area (Å²) in [6, 6.07) is 0.896. The van der Waals surface area contributed by atoms with Crippen LogP contribution in [0.15, 0.2) is 12.3 Å². The fraction of sp³-hybridized carbons (Fsp3) is 0.333. The summed E-state index contributed by atoms with van der Waals surface area (Å²) in [5.41, 5.74) is -0.867. The Morgan fingerprint density at radius 3 is 2.45 bits per heavy atom. The van der Waals surface area contributed by atoms with E-state index in [1.165, 1.54) is 13.1 Å². The second kappa shape index (κ2) is 2.48. The fourth-order valence-electron chi connectivity index (χ4n) is 0.649. The lowest BCUT2D eigenvalue weighted by Crippen LogP contribution is -2.15. The molecule has 0 spiro atoms. The molecule has 1 aromatic heterocycles. The van der Waals surface area contributed by atoms with Crippen LogP contribution in [0.4, 0.5) is 13.2 Å². The van der Waals surface area contributed by atoms with Crippen LogP contribution in [0, 0.1) is 6.92 Å². The first-order chi connectivity index (χ1) is 5.00. The van der Waals surface area contributed by atoms with Crippen molar-refractivity contribution in [1.29, 1.82) is 0 Å². The molecule has 0 saturated carbocycles. The van der Waals surface area contributed by atoms with Crippen LogP contribution in [0.3, 0.4) is 0 Å². The largest absolute Gasteiger partial charge is 0.458 e. The summed E-state index contributed by atoms with van der Waals surface area (Å²) in [6.45, 7) is 1.47. The maximum Gasteiger partial charge on any atom is 0.458 e. The molecule has 2 nitrogen and oxygen atoms in total. The highest BCUT2D eigenvalue weighted by atomic mass is 19.4. The number of aromatic nitrogens is 2. The highest BCUT2D eigenvalue weighted by Gasteiger charge is 2.37. The molecule has 0 amide bonds. The monoisotopic (exact) mass is 163 g/mol. The number of rotatable bonds is 0. The molecule has 0 bridgehead atoms. The summed E-state index contributed by atoms with van der Waals surface area (Å²) in [4.78, 5) is 5.80. The maximum atomic E-state index is 11.9. The average Bonchev–Trinajstić information content (AvgIpc) is 1.86. The highest BCUT2D eigenvalue weighted by Crippen LogP contribution is 2.26. The van der Waals surface area contributed by atoms with Crippen molar-refractivity contribution in [3.05, 3.63) is 23.8 Å². The molecule has 0 fully saturated rings. The van der Waals surface area contributed by atoms with Gasteiger partial charge >= 0.3 is 6.18 Å². The van der Waals surface area contributed by atoms with Crippen molar-refractivity contribution in [3.8, 4) is 0 Å². The van der Waals surface area contributed by atoms with Crippen molar-refractivity contribution < 1.29 is 18.2 Å². The average molecular weight is 163 g/mol. The number of hydrogen-bond acceptors (Lipinski definition) is 1. The van der Waals surface area contributed by atoms with E-state index in [1.807, 2.05) is 0 Å². The maximum absolute atomic E-state index is 11.9. The SMILES string of the molecule is Cc1nc(C(F)(F)F)cc[nH+]1. The van der Waals surface area contributed by atoms with Gasteiger partial charge in [0.15, 0.2) is 0 Å². The minimum Gasteiger partial charge on any atom is -0.248 e. The van der Waals surface area contributed by atoms with Gasteiger partial charge in [0, 0.05) is 13.0 Å². The van der Waals surface area contributed by atoms with Gasteiger partial charge in [-0.1, -0.05) is 0 Å². The third-order valence-corrected chi connectivity index (χ3v) is 1.11. The number of aryl methyl sites for hydroxylation is 1. The second-order valence-corrected chi connectivity index (χ2v) is 2.06. The number of nitrogens with zero attached hydrogens (tertiary/aromatic N) is 1. The highest BCUT2D eigenvalue weighted by molar-refractivity contribution is 5.01. The first kappa shape index (κ1) is 7.97. The standard InChI is InChI=1S/C6H5F3N2/c1-4-10-3-2-5(11-4)6(7,8)9/h2-3H,1H3/p+1. The third-order valence-electron chi connectivity index (χ3n) is 1.11. The zero-order chi connectivity index (χ0) is 8.48. The van der Waals surface area contributed by atoms with E-state index in [2.05, 4.69) is 9.97 Å². The molecular formula is C6H6F3N2+. The van der Waals surface area contributed by atoms with Crippen LogP contribution in [0.5, 0.6) is 0 Å². The van der Waals surface area contributed by atoms with Gasteiger partial charge in [0.2, 0.25) is 0 Å². The predicted molar refractivity (Wildman–Crippen MR) is 30.5 cm³/mol. The molecule has 0 atom stereocenters. The molecule has 1 aromatic rings. The smallest absolute Gasteiger partial charge is 0.248 e. The molecule has 60 valence electrons. The molecule has 5 heteroatoms. The van der Waals surface area contributed by atoms with Crippen molar-refractivity contribution in [2.75, 3.05) is 0 Å². The Morgan fingerprint density at radius 2 is 2.09 bits per heavy atom. The Bertz CT molecular complexity index is 256. The van der Waals surface area contributed by atoms with Gasteiger partial charge in [-0.15, -0.1) is 0 Å². The van der Waals surface area contributed by atoms with Gasteiger partial charge in [-0.2, -0.15) is 13.2 Å². The number of hydrogen-bond donors (Lipinski definition) is 0. The van der Waals surface area contributed by atoms with Crippen LogP contribution in [0.2, 0.25) is 0 Å². The number of nitrogens with one attached hydrogen (secondary N) is 1. The van der Waals surface area contributed by atoms with Crippen molar-refractivity contribution in [1.82, 2.24) is 4.98 Å². The molecule has 0 aliphatic rings. The van der Waals surface area contributed by atoms with E-state index in [0.29, 0.717) is 0 Å². The Labute approximate surface area is 61.1 Å². The Kier molecular flexibility index (Phi) is 1.80. The first-order valence-corrected chi connectivity index (χ1v) is 2.92. The van der Waals surface area contributed by atoms with Gasteiger partial charge < -0.3 is 0 Å². The Hall–Kier alpha value is -1.13. The zero-order valence-electron chi connectivity index (χ0n) is 5.74. The lowest BCUT2D eigenvalue weighted by molar-refractivity contribution is -0.393. The summed E-state index contributed by atoms with van der Waals surface area (Å²) < 4.78 is 35.7. The molecule has 0 saturated heterocycles. The number of alkyl halides is 3. The van der Waals surface area contributed by atoms with Gasteiger partial charge in [0.1, 0.15) is 0 Å². The van der Waals surface area contributed by atoms with Gasteiger partial charge in [0.25, 0.3) is 11.5 Å². The number of aromatic amines is 1. The molecule has 11 heavy (non-hydrogen) atoms. The summed E-state index contributed by atoms with van der Waals surface area (Å²) in [5.74, 6) is 0.250. The second-order valence-electron chi connectivity index (χ2n) is 2.06. The van der Waals surface area contributed by atoms with Crippen LogP contribution >= 0.6 is 0 Å². The number of H-pyrrole nitrogens is 1. The topological polar surface area (TPSA) is 27.0 Å². The van der Waals surface area contributed by atoms with Crippen molar-refractivity contribution >= 4 is 0 Å². The van der Waals surface area contributed by atoms with E-state index in [0.717, 1.165) is 6.07 Å². The van der Waals surface area contributed by atoms with Crippen LogP contribution in [0.1, 0.15) is 11.5 Å². The van der Waals surface area contributed by atoms with Crippen molar-refractivity contribution in [2.45, 2.75) is 13.1 Å². The van der Waals surface area contributed by atoms with E-state index >= 15 is 0 Å². The van der Waals surface area contributed by atoms with Gasteiger partial charge in [0.05, 0.1) is 6.20 Å². The van der Waals surface area contributed by atoms with Crippen molar-refractivity contribution in [3.63, 3.8) is 0 Å². The molecule has 1 rings (SSSR count). The Balaban J connectivity index is 3.06. The third kappa shape index (κ3) is 1.89. The summed E-state index contributed by atoms with van der Waals surface area (Å²) in [6.07, 6.45) is -3.13. The van der Waals surface area contributed by atoms with E-state index < -0.39 is 11.9 Å². The lowest BCUT2D eigenvalue weighted by atomic mass is 10.4. The molecule has 1 heterocycles. The number of halogens is 3. The summed E-state index contributed by atoms with van der Waals surface area (Å²) in [5, 5.41) is 0. The molecule has 0 aliphatic carbocycles. The van der Waals surface area contributed by atoms with Gasteiger partial charge in [-0.3, -0.25) is 0 Å². The predicted octanol–water partition coefficient (Wildman–Crippen LogP) is 1.22. The first-order valence-electron chi connectivity index (χ1n) is 2.92. The molecule has 0 aromatic carbocycles. The van der Waals surface area contributed by atoms with Crippen LogP contribution in [-0.2, 0) is 6.18 Å². The quantitative estimate of drug-likeness (QED) is 0.565. The van der Waals surface area contributed by atoms with E-state index in [9.17, 15) is 13.2 Å². The minimum atomic E-state index is -4.35. The zero-order valence-corrected chi connectivity index (χ0v) is 5.74. The minimum absolute atomic E-state index is 0.250. The summed E-state index contributed by atoms with van der Waals surface area (Å²) in [7, 11) is 0. The van der Waals surface area contributed by atoms with E-state index in [4.69, 9.17) is 0 Å². The molecular weight excluding hydrogens is 157 g/mol. The van der Waals surface area contributed by atoms with Gasteiger partial charge in [-0.25, -0.2) is 4.98 Å². The Morgan fingerprint density at radius 1 is 1.45 bits per heavy atom. The van der Waals surface area contributed by atoms with Crippen LogP contribution in [0.25, 0.3) is 0 Å². The summed E-state index contributed by atoms with van der Waals surface area (Å²) >= 11 is 0. The lowest BCUT2D eigenvalue weighted by Gasteiger charge is -1.98. The van der Waals surface area contributed by atoms with Gasteiger partial charge in [-0.05, 0) is 4.98 Å². The fourth-order valence-corrected chi connectivity index (χ4v) is 0.649. The molecule has 0 aliphatic heterocycles. The molecule has 0 unspecified atom stereocenters.